The minimum atomic E-state index is -0.309. The van der Waals surface area contributed by atoms with Crippen LogP contribution in [0.4, 0.5) is 11.4 Å². The first-order valence-electron chi connectivity index (χ1n) is 9.39. The van der Waals surface area contributed by atoms with E-state index in [1.807, 2.05) is 13.0 Å². The van der Waals surface area contributed by atoms with Gasteiger partial charge in [-0.3, -0.25) is 9.59 Å². The number of nitrogens with one attached hydrogen (secondary N) is 2. The van der Waals surface area contributed by atoms with E-state index in [0.717, 1.165) is 6.42 Å². The number of furan rings is 1. The predicted octanol–water partition coefficient (Wildman–Crippen LogP) is 6.64. The zero-order valence-corrected chi connectivity index (χ0v) is 17.8. The van der Waals surface area contributed by atoms with Crippen molar-refractivity contribution >= 4 is 52.5 Å². The van der Waals surface area contributed by atoms with Gasteiger partial charge in [0.15, 0.2) is 0 Å². The summed E-state index contributed by atoms with van der Waals surface area (Å²) in [6.45, 7) is 1.95. The Balaban J connectivity index is 1.59. The lowest BCUT2D eigenvalue weighted by Crippen LogP contribution is -2.11. The molecule has 5 nitrogen and oxygen atoms in total. The van der Waals surface area contributed by atoms with Crippen molar-refractivity contribution in [3.05, 3.63) is 76.5 Å². The smallest absolute Gasteiger partial charge is 0.248 e. The molecular formula is C23H20Cl2N2O3. The summed E-state index contributed by atoms with van der Waals surface area (Å²) in [5.41, 5.74) is 1.98. The molecule has 2 N–H and O–H groups in total. The van der Waals surface area contributed by atoms with Gasteiger partial charge in [-0.25, -0.2) is 0 Å². The average molecular weight is 443 g/mol. The van der Waals surface area contributed by atoms with Gasteiger partial charge in [0.1, 0.15) is 11.5 Å². The van der Waals surface area contributed by atoms with Gasteiger partial charge in [0.2, 0.25) is 11.8 Å². The molecule has 0 bridgehead atoms. The SMILES string of the molecule is CCCC(=O)Nc1ccc(NC(=O)C=Cc2ccc(-c3cccc(Cl)c3Cl)o2)cc1. The Kier molecular flexibility index (Phi) is 7.33. The van der Waals surface area contributed by atoms with E-state index in [9.17, 15) is 9.59 Å². The highest BCUT2D eigenvalue weighted by Crippen LogP contribution is 2.34. The zero-order chi connectivity index (χ0) is 21.5. The highest BCUT2D eigenvalue weighted by Gasteiger charge is 2.10. The summed E-state index contributed by atoms with van der Waals surface area (Å²) < 4.78 is 5.73. The third kappa shape index (κ3) is 5.75. The summed E-state index contributed by atoms with van der Waals surface area (Å²) in [5.74, 6) is 0.721. The molecule has 0 saturated carbocycles. The largest absolute Gasteiger partial charge is 0.457 e. The Labute approximate surface area is 184 Å². The molecule has 0 atom stereocenters. The van der Waals surface area contributed by atoms with Crippen LogP contribution >= 0.6 is 23.2 Å². The van der Waals surface area contributed by atoms with Crippen LogP contribution in [0.5, 0.6) is 0 Å². The van der Waals surface area contributed by atoms with Crippen LogP contribution in [0.3, 0.4) is 0 Å². The molecule has 7 heteroatoms. The van der Waals surface area contributed by atoms with Crippen molar-refractivity contribution < 1.29 is 14.0 Å². The second kappa shape index (κ2) is 10.1. The molecule has 0 radical (unpaired) electrons. The molecule has 2 aromatic carbocycles. The Morgan fingerprint density at radius 3 is 2.37 bits per heavy atom. The van der Waals surface area contributed by atoms with E-state index in [1.54, 1.807) is 54.6 Å². The van der Waals surface area contributed by atoms with Crippen molar-refractivity contribution in [3.8, 4) is 11.3 Å². The van der Waals surface area contributed by atoms with Crippen molar-refractivity contribution in [2.45, 2.75) is 19.8 Å². The standard InChI is InChI=1S/C23H20Cl2N2O3/c1-2-4-21(28)26-15-7-9-16(10-8-15)27-22(29)14-12-17-11-13-20(30-17)18-5-3-6-19(24)23(18)25/h3,5-14H,2,4H2,1H3,(H,26,28)(H,27,29). The average Bonchev–Trinajstić information content (AvgIpc) is 3.19. The van der Waals surface area contributed by atoms with Gasteiger partial charge in [0, 0.05) is 29.4 Å². The summed E-state index contributed by atoms with van der Waals surface area (Å²) in [4.78, 5) is 23.8. The molecule has 0 saturated heterocycles. The van der Waals surface area contributed by atoms with E-state index >= 15 is 0 Å². The van der Waals surface area contributed by atoms with E-state index < -0.39 is 0 Å². The number of benzene rings is 2. The van der Waals surface area contributed by atoms with E-state index in [4.69, 9.17) is 27.6 Å². The molecule has 3 aromatic rings. The maximum atomic E-state index is 12.2. The van der Waals surface area contributed by atoms with Crippen molar-refractivity contribution in [1.82, 2.24) is 0 Å². The Bertz CT molecular complexity index is 1070. The van der Waals surface area contributed by atoms with Gasteiger partial charge in [-0.15, -0.1) is 0 Å². The minimum absolute atomic E-state index is 0.0332. The quantitative estimate of drug-likeness (QED) is 0.402. The van der Waals surface area contributed by atoms with E-state index in [-0.39, 0.29) is 11.8 Å². The molecule has 1 heterocycles. The van der Waals surface area contributed by atoms with Gasteiger partial charge in [0.25, 0.3) is 0 Å². The fourth-order valence-corrected chi connectivity index (χ4v) is 3.10. The van der Waals surface area contributed by atoms with Crippen LogP contribution in [0, 0.1) is 0 Å². The van der Waals surface area contributed by atoms with E-state index in [1.165, 1.54) is 6.08 Å². The summed E-state index contributed by atoms with van der Waals surface area (Å²) in [6, 6.07) is 15.7. The highest BCUT2D eigenvalue weighted by atomic mass is 35.5. The fourth-order valence-electron chi connectivity index (χ4n) is 2.71. The number of hydrogen-bond donors (Lipinski definition) is 2. The van der Waals surface area contributed by atoms with Gasteiger partial charge in [0.05, 0.1) is 10.0 Å². The topological polar surface area (TPSA) is 71.3 Å². The molecule has 0 aliphatic heterocycles. The van der Waals surface area contributed by atoms with E-state index in [2.05, 4.69) is 10.6 Å². The third-order valence-corrected chi connectivity index (χ3v) is 4.97. The second-order valence-electron chi connectivity index (χ2n) is 6.50. The van der Waals surface area contributed by atoms with Crippen LogP contribution in [0.15, 0.2) is 65.1 Å². The van der Waals surface area contributed by atoms with Crippen LogP contribution in [0.25, 0.3) is 17.4 Å². The van der Waals surface area contributed by atoms with Gasteiger partial charge in [-0.2, -0.15) is 0 Å². The lowest BCUT2D eigenvalue weighted by Gasteiger charge is -2.06. The van der Waals surface area contributed by atoms with Crippen LogP contribution < -0.4 is 10.6 Å². The number of amides is 2. The fraction of sp³-hybridized carbons (Fsp3) is 0.130. The summed E-state index contributed by atoms with van der Waals surface area (Å²) in [5, 5.41) is 6.41. The molecule has 2 amide bonds. The Hall–Kier alpha value is -3.02. The second-order valence-corrected chi connectivity index (χ2v) is 7.29. The van der Waals surface area contributed by atoms with Crippen LogP contribution in [0.2, 0.25) is 10.0 Å². The summed E-state index contributed by atoms with van der Waals surface area (Å²) in [6.07, 6.45) is 4.20. The van der Waals surface area contributed by atoms with Crippen molar-refractivity contribution in [3.63, 3.8) is 0 Å². The van der Waals surface area contributed by atoms with Crippen molar-refractivity contribution in [2.24, 2.45) is 0 Å². The van der Waals surface area contributed by atoms with Gasteiger partial charge in [-0.05, 0) is 61.0 Å². The first-order chi connectivity index (χ1) is 14.5. The summed E-state index contributed by atoms with van der Waals surface area (Å²) in [7, 11) is 0. The maximum absolute atomic E-state index is 12.2. The summed E-state index contributed by atoms with van der Waals surface area (Å²) >= 11 is 12.2. The van der Waals surface area contributed by atoms with Crippen molar-refractivity contribution in [1.29, 1.82) is 0 Å². The van der Waals surface area contributed by atoms with Crippen LogP contribution in [0.1, 0.15) is 25.5 Å². The first-order valence-corrected chi connectivity index (χ1v) is 10.1. The number of carbonyl (C=O) groups excluding carboxylic acids is 2. The van der Waals surface area contributed by atoms with E-state index in [0.29, 0.717) is 44.9 Å². The lowest BCUT2D eigenvalue weighted by atomic mass is 10.2. The number of carbonyl (C=O) groups is 2. The normalized spacial score (nSPS) is 10.9. The molecule has 0 spiro atoms. The van der Waals surface area contributed by atoms with Crippen LogP contribution in [-0.4, -0.2) is 11.8 Å². The lowest BCUT2D eigenvalue weighted by molar-refractivity contribution is -0.116. The maximum Gasteiger partial charge on any atom is 0.248 e. The molecular weight excluding hydrogens is 423 g/mol. The van der Waals surface area contributed by atoms with Crippen LogP contribution in [-0.2, 0) is 9.59 Å². The molecule has 0 fully saturated rings. The Morgan fingerprint density at radius 2 is 1.67 bits per heavy atom. The molecule has 0 aliphatic rings. The molecule has 0 aliphatic carbocycles. The Morgan fingerprint density at radius 1 is 0.967 bits per heavy atom. The monoisotopic (exact) mass is 442 g/mol. The number of rotatable bonds is 7. The van der Waals surface area contributed by atoms with Gasteiger partial charge < -0.3 is 15.1 Å². The minimum Gasteiger partial charge on any atom is -0.457 e. The molecule has 30 heavy (non-hydrogen) atoms. The predicted molar refractivity (Wildman–Crippen MR) is 122 cm³/mol. The van der Waals surface area contributed by atoms with Crippen molar-refractivity contribution in [2.75, 3.05) is 10.6 Å². The third-order valence-electron chi connectivity index (χ3n) is 4.16. The molecule has 3 rings (SSSR count). The first kappa shape index (κ1) is 21.7. The number of hydrogen-bond acceptors (Lipinski definition) is 3. The number of halogens is 2. The zero-order valence-electron chi connectivity index (χ0n) is 16.2. The van der Waals surface area contributed by atoms with Gasteiger partial charge in [-0.1, -0.05) is 36.2 Å². The highest BCUT2D eigenvalue weighted by molar-refractivity contribution is 6.43. The molecule has 0 unspecified atom stereocenters. The molecule has 154 valence electrons. The molecule has 1 aromatic heterocycles. The van der Waals surface area contributed by atoms with Gasteiger partial charge >= 0.3 is 0 Å². The number of anilines is 2.